The zero-order valence-corrected chi connectivity index (χ0v) is 12.3. The lowest BCUT2D eigenvalue weighted by Gasteiger charge is -2.25. The van der Waals surface area contributed by atoms with E-state index in [1.54, 1.807) is 0 Å². The molecule has 0 aromatic heterocycles. The van der Waals surface area contributed by atoms with Crippen LogP contribution in [0.1, 0.15) is 38.5 Å². The smallest absolute Gasteiger partial charge is 0.330 e. The summed E-state index contributed by atoms with van der Waals surface area (Å²) in [7, 11) is 0. The zero-order valence-electron chi connectivity index (χ0n) is 12.3. The van der Waals surface area contributed by atoms with E-state index in [0.29, 0.717) is 26.1 Å². The molecule has 21 heavy (non-hydrogen) atoms. The van der Waals surface area contributed by atoms with Gasteiger partial charge in [-0.15, -0.1) is 0 Å². The Labute approximate surface area is 125 Å². The van der Waals surface area contributed by atoms with E-state index in [0.717, 1.165) is 31.8 Å². The maximum absolute atomic E-state index is 10.8. The summed E-state index contributed by atoms with van der Waals surface area (Å²) in [6, 6.07) is 0. The van der Waals surface area contributed by atoms with Crippen molar-refractivity contribution < 1.29 is 28.9 Å². The van der Waals surface area contributed by atoms with E-state index in [1.807, 2.05) is 0 Å². The quantitative estimate of drug-likeness (QED) is 0.288. The Kier molecular flexibility index (Phi) is 8.69. The molecule has 120 valence electrons. The van der Waals surface area contributed by atoms with Crippen molar-refractivity contribution in [1.82, 2.24) is 0 Å². The molecule has 0 saturated heterocycles. The number of esters is 1. The second kappa shape index (κ2) is 10.3. The monoisotopic (exact) mass is 300 g/mol. The lowest BCUT2D eigenvalue weighted by Crippen LogP contribution is -2.26. The van der Waals surface area contributed by atoms with Gasteiger partial charge >= 0.3 is 11.9 Å². The minimum absolute atomic E-state index is 0.106. The molecule has 1 fully saturated rings. The molecule has 0 heterocycles. The first kappa shape index (κ1) is 17.7. The summed E-state index contributed by atoms with van der Waals surface area (Å²) in [4.78, 5) is 21.6. The van der Waals surface area contributed by atoms with E-state index in [1.165, 1.54) is 0 Å². The molecule has 1 rings (SSSR count). The second-order valence-corrected chi connectivity index (χ2v) is 5.08. The third kappa shape index (κ3) is 7.82. The predicted octanol–water partition coefficient (Wildman–Crippen LogP) is 2.13. The van der Waals surface area contributed by atoms with Gasteiger partial charge in [-0.1, -0.05) is 6.58 Å². The van der Waals surface area contributed by atoms with Gasteiger partial charge in [0, 0.05) is 12.7 Å². The van der Waals surface area contributed by atoms with Crippen LogP contribution in [0.4, 0.5) is 0 Å². The summed E-state index contributed by atoms with van der Waals surface area (Å²) in [5, 5.41) is 8.89. The van der Waals surface area contributed by atoms with Crippen LogP contribution in [0, 0.1) is 5.92 Å². The van der Waals surface area contributed by atoms with Crippen molar-refractivity contribution in [2.75, 3.05) is 20.0 Å². The Hall–Kier alpha value is -1.40. The largest absolute Gasteiger partial charge is 0.481 e. The van der Waals surface area contributed by atoms with Crippen molar-refractivity contribution in [1.29, 1.82) is 0 Å². The van der Waals surface area contributed by atoms with Crippen molar-refractivity contribution in [2.24, 2.45) is 5.92 Å². The molecule has 0 bridgehead atoms. The number of hydrogen-bond donors (Lipinski definition) is 1. The highest BCUT2D eigenvalue weighted by molar-refractivity contribution is 5.81. The molecule has 0 aromatic rings. The number of aliphatic carboxylic acids is 1. The zero-order chi connectivity index (χ0) is 15.5. The van der Waals surface area contributed by atoms with Gasteiger partial charge in [-0.25, -0.2) is 4.79 Å². The van der Waals surface area contributed by atoms with Gasteiger partial charge < -0.3 is 19.3 Å². The summed E-state index contributed by atoms with van der Waals surface area (Å²) in [5.41, 5.74) is 0. The van der Waals surface area contributed by atoms with Gasteiger partial charge in [0.2, 0.25) is 0 Å². The molecule has 0 amide bonds. The van der Waals surface area contributed by atoms with Gasteiger partial charge in [0.05, 0.1) is 18.6 Å². The molecule has 0 atom stereocenters. The molecule has 1 aliphatic rings. The Balaban J connectivity index is 1.90. The van der Waals surface area contributed by atoms with Crippen molar-refractivity contribution in [3.05, 3.63) is 12.7 Å². The Morgan fingerprint density at radius 1 is 1.14 bits per heavy atom. The third-order valence-corrected chi connectivity index (χ3v) is 3.50. The molecule has 0 spiro atoms. The molecule has 1 N–H and O–H groups in total. The number of rotatable bonds is 10. The fourth-order valence-corrected chi connectivity index (χ4v) is 2.22. The molecule has 0 radical (unpaired) electrons. The third-order valence-electron chi connectivity index (χ3n) is 3.50. The molecular formula is C15H24O6. The normalized spacial score (nSPS) is 21.7. The van der Waals surface area contributed by atoms with Crippen LogP contribution in [-0.4, -0.2) is 43.2 Å². The summed E-state index contributed by atoms with van der Waals surface area (Å²) in [6.07, 6.45) is 5.68. The lowest BCUT2D eigenvalue weighted by molar-refractivity contribution is -0.146. The van der Waals surface area contributed by atoms with Crippen molar-refractivity contribution in [3.63, 3.8) is 0 Å². The van der Waals surface area contributed by atoms with Gasteiger partial charge in [0.25, 0.3) is 0 Å². The average Bonchev–Trinajstić information content (AvgIpc) is 2.50. The van der Waals surface area contributed by atoms with Crippen LogP contribution in [-0.2, 0) is 23.8 Å². The Bertz CT molecular complexity index is 333. The number of unbranched alkanes of at least 4 members (excludes halogenated alkanes) is 1. The van der Waals surface area contributed by atoms with Crippen LogP contribution in [0.2, 0.25) is 0 Å². The topological polar surface area (TPSA) is 82.1 Å². The van der Waals surface area contributed by atoms with E-state index >= 15 is 0 Å². The number of carboxylic acid groups (broad SMARTS) is 1. The molecule has 6 heteroatoms. The fraction of sp³-hybridized carbons (Fsp3) is 0.733. The molecular weight excluding hydrogens is 276 g/mol. The molecule has 0 aliphatic heterocycles. The highest BCUT2D eigenvalue weighted by Gasteiger charge is 2.26. The van der Waals surface area contributed by atoms with E-state index in [9.17, 15) is 9.59 Å². The molecule has 1 aliphatic carbocycles. The lowest BCUT2D eigenvalue weighted by atomic mass is 9.87. The maximum Gasteiger partial charge on any atom is 0.330 e. The van der Waals surface area contributed by atoms with E-state index in [4.69, 9.17) is 19.3 Å². The van der Waals surface area contributed by atoms with Crippen LogP contribution in [0.25, 0.3) is 0 Å². The minimum Gasteiger partial charge on any atom is -0.481 e. The van der Waals surface area contributed by atoms with Crippen LogP contribution in [0.5, 0.6) is 0 Å². The molecule has 0 aromatic carbocycles. The highest BCUT2D eigenvalue weighted by Crippen LogP contribution is 2.26. The average molecular weight is 300 g/mol. The number of ether oxygens (including phenoxy) is 3. The highest BCUT2D eigenvalue weighted by atomic mass is 16.7. The van der Waals surface area contributed by atoms with Crippen molar-refractivity contribution >= 4 is 11.9 Å². The Morgan fingerprint density at radius 3 is 2.43 bits per heavy atom. The van der Waals surface area contributed by atoms with Crippen LogP contribution < -0.4 is 0 Å². The van der Waals surface area contributed by atoms with Gasteiger partial charge in [-0.2, -0.15) is 0 Å². The Morgan fingerprint density at radius 2 is 1.81 bits per heavy atom. The molecule has 1 saturated carbocycles. The van der Waals surface area contributed by atoms with Crippen LogP contribution in [0.3, 0.4) is 0 Å². The summed E-state index contributed by atoms with van der Waals surface area (Å²) < 4.78 is 15.7. The standard InChI is InChI=1S/C15H24O6/c1-2-14(16)20-10-4-3-9-19-11-21-13-7-5-12(6-8-13)15(17)18/h2,12-13H,1,3-11H2,(H,17,18). The number of hydrogen-bond acceptors (Lipinski definition) is 5. The van der Waals surface area contributed by atoms with E-state index in [-0.39, 0.29) is 18.8 Å². The van der Waals surface area contributed by atoms with Crippen LogP contribution in [0.15, 0.2) is 12.7 Å². The van der Waals surface area contributed by atoms with Gasteiger partial charge in [0.15, 0.2) is 0 Å². The van der Waals surface area contributed by atoms with Crippen molar-refractivity contribution in [2.45, 2.75) is 44.6 Å². The number of carbonyl (C=O) groups excluding carboxylic acids is 1. The second-order valence-electron chi connectivity index (χ2n) is 5.08. The van der Waals surface area contributed by atoms with Gasteiger partial charge in [-0.05, 0) is 38.5 Å². The van der Waals surface area contributed by atoms with Crippen LogP contribution >= 0.6 is 0 Å². The summed E-state index contributed by atoms with van der Waals surface area (Å²) in [5.74, 6) is -1.33. The summed E-state index contributed by atoms with van der Waals surface area (Å²) >= 11 is 0. The number of carboxylic acids is 1. The molecule has 0 unspecified atom stereocenters. The van der Waals surface area contributed by atoms with Gasteiger partial charge in [-0.3, -0.25) is 4.79 Å². The molecule has 6 nitrogen and oxygen atoms in total. The summed E-state index contributed by atoms with van der Waals surface area (Å²) in [6.45, 7) is 4.46. The van der Waals surface area contributed by atoms with Crippen molar-refractivity contribution in [3.8, 4) is 0 Å². The minimum atomic E-state index is -0.707. The van der Waals surface area contributed by atoms with E-state index in [2.05, 4.69) is 6.58 Å². The first-order chi connectivity index (χ1) is 10.1. The number of carbonyl (C=O) groups is 2. The predicted molar refractivity (Wildman–Crippen MR) is 75.7 cm³/mol. The first-order valence-electron chi connectivity index (χ1n) is 7.34. The first-order valence-corrected chi connectivity index (χ1v) is 7.34. The SMILES string of the molecule is C=CC(=O)OCCCCOCOC1CCC(C(=O)O)CC1. The van der Waals surface area contributed by atoms with Gasteiger partial charge in [0.1, 0.15) is 6.79 Å². The van der Waals surface area contributed by atoms with E-state index < -0.39 is 11.9 Å². The fourth-order valence-electron chi connectivity index (χ4n) is 2.22. The maximum atomic E-state index is 10.8.